The summed E-state index contributed by atoms with van der Waals surface area (Å²) < 4.78 is 30.6. The summed E-state index contributed by atoms with van der Waals surface area (Å²) in [5.41, 5.74) is 0.397. The fraction of sp³-hybridized carbons (Fsp3) is 0.786. The molecule has 0 aromatic carbocycles. The van der Waals surface area contributed by atoms with E-state index in [0.29, 0.717) is 24.6 Å². The molecule has 0 atom stereocenters. The maximum atomic E-state index is 11.1. The van der Waals surface area contributed by atoms with Crippen molar-refractivity contribution in [3.05, 3.63) is 12.2 Å². The van der Waals surface area contributed by atoms with Gasteiger partial charge in [0.05, 0.1) is 6.61 Å². The van der Waals surface area contributed by atoms with Crippen LogP contribution < -0.4 is 0 Å². The molecule has 0 aromatic heterocycles. The highest BCUT2D eigenvalue weighted by Crippen LogP contribution is 2.14. The fourth-order valence-corrected chi connectivity index (χ4v) is 3.07. The van der Waals surface area contributed by atoms with Gasteiger partial charge >= 0.3 is 23.3 Å². The van der Waals surface area contributed by atoms with Crippen molar-refractivity contribution in [2.75, 3.05) is 42.2 Å². The summed E-state index contributed by atoms with van der Waals surface area (Å²) >= 11 is 0. The monoisotopic (exact) mass is 368 g/mol. The van der Waals surface area contributed by atoms with Crippen LogP contribution in [-0.2, 0) is 31.7 Å². The van der Waals surface area contributed by atoms with E-state index in [1.165, 1.54) is 0 Å². The Kier molecular flexibility index (Phi) is 13.8. The molecule has 0 amide bonds. The highest BCUT2D eigenvalue weighted by molar-refractivity contribution is 6.64. The second-order valence-corrected chi connectivity index (χ2v) is 11.8. The van der Waals surface area contributed by atoms with Crippen molar-refractivity contribution in [2.45, 2.75) is 32.5 Å². The maximum Gasteiger partial charge on any atom is 0.500 e. The Morgan fingerprint density at radius 2 is 1.35 bits per heavy atom. The number of esters is 1. The van der Waals surface area contributed by atoms with Gasteiger partial charge in [0.15, 0.2) is 0 Å². The van der Waals surface area contributed by atoms with Crippen LogP contribution in [0.2, 0.25) is 19.1 Å². The van der Waals surface area contributed by atoms with E-state index < -0.39 is 17.4 Å². The highest BCUT2D eigenvalue weighted by atomic mass is 28.4. The molecule has 138 valence electrons. The quantitative estimate of drug-likeness (QED) is 0.254. The average Bonchev–Trinajstić information content (AvgIpc) is 2.56. The van der Waals surface area contributed by atoms with Crippen LogP contribution in [0.15, 0.2) is 12.2 Å². The first-order chi connectivity index (χ1) is 10.6. The lowest BCUT2D eigenvalue weighted by molar-refractivity contribution is -0.139. The minimum atomic E-state index is -2.53. The summed E-state index contributed by atoms with van der Waals surface area (Å²) in [5, 5.41) is 0. The maximum absolute atomic E-state index is 11.1. The van der Waals surface area contributed by atoms with Gasteiger partial charge in [-0.05, 0) is 26.4 Å². The standard InChI is InChI=1S/C10H20O5Si.C4H12O2Si/c1-9(2)10(11)15-7-6-8-16(12-3,13-4)14-5;1-5-7(3,4)6-2/h1,6-8H2,2-5H3;1-4H3. The van der Waals surface area contributed by atoms with Gasteiger partial charge in [0.1, 0.15) is 0 Å². The third kappa shape index (κ3) is 11.6. The molecule has 23 heavy (non-hydrogen) atoms. The van der Waals surface area contributed by atoms with Crippen molar-refractivity contribution in [1.82, 2.24) is 0 Å². The number of carbonyl (C=O) groups excluding carboxylic acids is 1. The zero-order valence-electron chi connectivity index (χ0n) is 15.7. The smallest absolute Gasteiger partial charge is 0.462 e. The molecule has 0 aliphatic carbocycles. The minimum Gasteiger partial charge on any atom is -0.462 e. The molecule has 0 saturated heterocycles. The molecule has 0 heterocycles. The first-order valence-electron chi connectivity index (χ1n) is 7.22. The molecule has 0 aliphatic heterocycles. The van der Waals surface area contributed by atoms with Gasteiger partial charge < -0.3 is 26.9 Å². The lowest BCUT2D eigenvalue weighted by Crippen LogP contribution is -2.42. The molecule has 0 aromatic rings. The zero-order valence-corrected chi connectivity index (χ0v) is 17.7. The second kappa shape index (κ2) is 12.8. The van der Waals surface area contributed by atoms with Crippen LogP contribution in [0, 0.1) is 0 Å². The normalized spacial score (nSPS) is 11.5. The molecule has 7 nitrogen and oxygen atoms in total. The predicted molar refractivity (Wildman–Crippen MR) is 93.5 cm³/mol. The largest absolute Gasteiger partial charge is 0.500 e. The fourth-order valence-electron chi connectivity index (χ4n) is 1.22. The number of hydrogen-bond acceptors (Lipinski definition) is 7. The Hall–Kier alpha value is -0.556. The highest BCUT2D eigenvalue weighted by Gasteiger charge is 2.36. The summed E-state index contributed by atoms with van der Waals surface area (Å²) in [6.45, 7) is 9.41. The lowest BCUT2D eigenvalue weighted by atomic mass is 10.4. The van der Waals surface area contributed by atoms with Crippen molar-refractivity contribution in [3.8, 4) is 0 Å². The van der Waals surface area contributed by atoms with E-state index in [0.717, 1.165) is 0 Å². The van der Waals surface area contributed by atoms with Gasteiger partial charge in [0.2, 0.25) is 0 Å². The summed E-state index contributed by atoms with van der Waals surface area (Å²) in [6, 6.07) is 0.611. The molecule has 0 spiro atoms. The number of hydrogen-bond donors (Lipinski definition) is 0. The van der Waals surface area contributed by atoms with Crippen LogP contribution in [0.4, 0.5) is 0 Å². The van der Waals surface area contributed by atoms with E-state index in [4.69, 9.17) is 26.9 Å². The molecule has 0 bridgehead atoms. The van der Waals surface area contributed by atoms with Crippen molar-refractivity contribution >= 4 is 23.3 Å². The van der Waals surface area contributed by atoms with E-state index in [2.05, 4.69) is 6.58 Å². The number of rotatable bonds is 10. The van der Waals surface area contributed by atoms with Gasteiger partial charge in [-0.3, -0.25) is 0 Å². The molecule has 0 unspecified atom stereocenters. The number of carbonyl (C=O) groups is 1. The Morgan fingerprint density at radius 3 is 1.61 bits per heavy atom. The van der Waals surface area contributed by atoms with Crippen molar-refractivity contribution < 1.29 is 31.7 Å². The lowest BCUT2D eigenvalue weighted by Gasteiger charge is -2.24. The minimum absolute atomic E-state index is 0.316. The van der Waals surface area contributed by atoms with Crippen LogP contribution >= 0.6 is 0 Å². The molecular weight excluding hydrogens is 336 g/mol. The Labute approximate surface area is 142 Å². The van der Waals surface area contributed by atoms with E-state index >= 15 is 0 Å². The van der Waals surface area contributed by atoms with Crippen molar-refractivity contribution in [3.63, 3.8) is 0 Å². The van der Waals surface area contributed by atoms with Crippen LogP contribution in [0.5, 0.6) is 0 Å². The van der Waals surface area contributed by atoms with Crippen LogP contribution in [0.1, 0.15) is 13.3 Å². The van der Waals surface area contributed by atoms with Gasteiger partial charge in [0, 0.05) is 47.2 Å². The molecular formula is C14H32O7Si2. The predicted octanol–water partition coefficient (Wildman–Crippen LogP) is 2.35. The summed E-state index contributed by atoms with van der Waals surface area (Å²) in [7, 11) is 3.84. The Balaban J connectivity index is 0. The van der Waals surface area contributed by atoms with E-state index in [-0.39, 0.29) is 5.97 Å². The van der Waals surface area contributed by atoms with Crippen LogP contribution in [0.25, 0.3) is 0 Å². The van der Waals surface area contributed by atoms with Gasteiger partial charge in [-0.2, -0.15) is 0 Å². The average molecular weight is 369 g/mol. The van der Waals surface area contributed by atoms with Crippen LogP contribution in [-0.4, -0.2) is 65.5 Å². The van der Waals surface area contributed by atoms with E-state index in [9.17, 15) is 4.79 Å². The van der Waals surface area contributed by atoms with Crippen molar-refractivity contribution in [1.29, 1.82) is 0 Å². The first kappa shape index (κ1) is 24.7. The van der Waals surface area contributed by atoms with E-state index in [1.807, 2.05) is 13.1 Å². The summed E-state index contributed by atoms with van der Waals surface area (Å²) in [5.74, 6) is -0.375. The summed E-state index contributed by atoms with van der Waals surface area (Å²) in [6.07, 6.45) is 0.640. The second-order valence-electron chi connectivity index (χ2n) is 5.12. The van der Waals surface area contributed by atoms with Crippen LogP contribution in [0.3, 0.4) is 0 Å². The Bertz CT molecular complexity index is 330. The summed E-state index contributed by atoms with van der Waals surface area (Å²) in [4.78, 5) is 11.1. The SMILES string of the molecule is C=C(C)C(=O)OCCC[Si](OC)(OC)OC.CO[Si](C)(C)OC. The van der Waals surface area contributed by atoms with E-state index in [1.54, 1.807) is 42.5 Å². The molecule has 0 radical (unpaired) electrons. The van der Waals surface area contributed by atoms with Crippen molar-refractivity contribution in [2.24, 2.45) is 0 Å². The molecule has 0 saturated carbocycles. The molecule has 0 rings (SSSR count). The molecule has 0 aliphatic rings. The van der Waals surface area contributed by atoms with Gasteiger partial charge in [-0.15, -0.1) is 0 Å². The topological polar surface area (TPSA) is 72.5 Å². The van der Waals surface area contributed by atoms with Gasteiger partial charge in [-0.25, -0.2) is 4.79 Å². The molecule has 0 N–H and O–H groups in total. The molecule has 0 fully saturated rings. The van der Waals surface area contributed by atoms with Gasteiger partial charge in [0.25, 0.3) is 0 Å². The zero-order chi connectivity index (χ0) is 18.5. The number of ether oxygens (including phenoxy) is 1. The van der Waals surface area contributed by atoms with Gasteiger partial charge in [-0.1, -0.05) is 6.58 Å². The molecule has 9 heteroatoms. The third-order valence-electron chi connectivity index (χ3n) is 3.13. The Morgan fingerprint density at radius 1 is 0.913 bits per heavy atom. The third-order valence-corrected chi connectivity index (χ3v) is 7.92. The first-order valence-corrected chi connectivity index (χ1v) is 12.0.